The first-order chi connectivity index (χ1) is 9.38. The van der Waals surface area contributed by atoms with Crippen molar-refractivity contribution in [2.75, 3.05) is 0 Å². The lowest BCUT2D eigenvalue weighted by molar-refractivity contribution is 0.458. The Hall–Kier alpha value is -1.04. The van der Waals surface area contributed by atoms with Gasteiger partial charge in [0.25, 0.3) is 0 Å². The molecule has 0 nitrogen and oxygen atoms in total. The van der Waals surface area contributed by atoms with Crippen molar-refractivity contribution in [2.45, 2.75) is 45.4 Å². The van der Waals surface area contributed by atoms with E-state index >= 15 is 0 Å². The van der Waals surface area contributed by atoms with E-state index in [1.54, 1.807) is 5.57 Å². The molecule has 3 rings (SSSR count). The second kappa shape index (κ2) is 5.94. The third-order valence-electron chi connectivity index (χ3n) is 5.06. The summed E-state index contributed by atoms with van der Waals surface area (Å²) in [5.41, 5.74) is 1.60. The Bertz CT molecular complexity index is 421. The Balaban J connectivity index is 1.59. The molecule has 0 spiro atoms. The number of hydrogen-bond acceptors (Lipinski definition) is 0. The van der Waals surface area contributed by atoms with Crippen LogP contribution in [0.5, 0.6) is 0 Å². The van der Waals surface area contributed by atoms with Crippen LogP contribution in [0.15, 0.2) is 48.1 Å². The predicted molar refractivity (Wildman–Crippen MR) is 82.8 cm³/mol. The van der Waals surface area contributed by atoms with Gasteiger partial charge in [0, 0.05) is 0 Å². The van der Waals surface area contributed by atoms with Crippen molar-refractivity contribution in [1.29, 1.82) is 0 Å². The molecule has 0 heteroatoms. The summed E-state index contributed by atoms with van der Waals surface area (Å²) in [6.07, 6.45) is 25.0. The Morgan fingerprint density at radius 3 is 2.68 bits per heavy atom. The van der Waals surface area contributed by atoms with Crippen LogP contribution >= 0.6 is 0 Å². The number of allylic oxidation sites excluding steroid dienone is 8. The van der Waals surface area contributed by atoms with Crippen LogP contribution in [0.25, 0.3) is 0 Å². The van der Waals surface area contributed by atoms with Crippen LogP contribution in [0.4, 0.5) is 0 Å². The molecule has 4 atom stereocenters. The van der Waals surface area contributed by atoms with E-state index in [1.165, 1.54) is 38.5 Å². The lowest BCUT2D eigenvalue weighted by atomic mass is 9.81. The maximum absolute atomic E-state index is 2.59. The summed E-state index contributed by atoms with van der Waals surface area (Å²) in [7, 11) is 0. The van der Waals surface area contributed by atoms with Crippen molar-refractivity contribution in [3.63, 3.8) is 0 Å². The molecular weight excluding hydrogens is 228 g/mol. The largest absolute Gasteiger partial charge is 0.0808 e. The molecule has 19 heavy (non-hydrogen) atoms. The van der Waals surface area contributed by atoms with Crippen LogP contribution in [-0.2, 0) is 0 Å². The maximum atomic E-state index is 2.59. The summed E-state index contributed by atoms with van der Waals surface area (Å²) in [4.78, 5) is 0. The molecule has 0 bridgehead atoms. The fraction of sp³-hybridized carbons (Fsp3) is 0.579. The van der Waals surface area contributed by atoms with Crippen molar-refractivity contribution >= 4 is 0 Å². The Morgan fingerprint density at radius 2 is 1.79 bits per heavy atom. The lowest BCUT2D eigenvalue weighted by Gasteiger charge is -2.23. The molecular formula is C19H26. The van der Waals surface area contributed by atoms with Crippen LogP contribution in [0.1, 0.15) is 45.4 Å². The van der Waals surface area contributed by atoms with Crippen LogP contribution < -0.4 is 0 Å². The van der Waals surface area contributed by atoms with E-state index in [1.807, 2.05) is 0 Å². The minimum absolute atomic E-state index is 0.768. The topological polar surface area (TPSA) is 0 Å². The minimum Gasteiger partial charge on any atom is -0.0808 e. The second-order valence-electron chi connectivity index (χ2n) is 6.40. The van der Waals surface area contributed by atoms with E-state index in [0.29, 0.717) is 0 Å². The van der Waals surface area contributed by atoms with Crippen molar-refractivity contribution in [1.82, 2.24) is 0 Å². The quantitative estimate of drug-likeness (QED) is 0.572. The molecule has 4 unspecified atom stereocenters. The van der Waals surface area contributed by atoms with Crippen molar-refractivity contribution < 1.29 is 0 Å². The lowest BCUT2D eigenvalue weighted by Crippen LogP contribution is -2.15. The normalized spacial score (nSPS) is 35.1. The molecule has 0 amide bonds. The Kier molecular flexibility index (Phi) is 4.06. The number of fused-ring (bicyclic) bond motifs is 3. The van der Waals surface area contributed by atoms with Gasteiger partial charge in [-0.2, -0.15) is 0 Å². The number of rotatable bonds is 5. The van der Waals surface area contributed by atoms with Gasteiger partial charge in [0.05, 0.1) is 0 Å². The van der Waals surface area contributed by atoms with Gasteiger partial charge >= 0.3 is 0 Å². The molecule has 102 valence electrons. The van der Waals surface area contributed by atoms with E-state index in [-0.39, 0.29) is 0 Å². The SMILES string of the molecule is CCCCCCC1=CC2CC3C=CC=CC3C2C=C1. The summed E-state index contributed by atoms with van der Waals surface area (Å²) < 4.78 is 0. The van der Waals surface area contributed by atoms with Gasteiger partial charge in [-0.15, -0.1) is 0 Å². The monoisotopic (exact) mass is 254 g/mol. The first kappa shape index (κ1) is 13.0. The smallest absolute Gasteiger partial charge is 0.00981 e. The summed E-state index contributed by atoms with van der Waals surface area (Å²) in [6.45, 7) is 2.28. The fourth-order valence-corrected chi connectivity index (χ4v) is 4.01. The molecule has 0 N–H and O–H groups in total. The zero-order valence-electron chi connectivity index (χ0n) is 12.1. The van der Waals surface area contributed by atoms with Gasteiger partial charge in [-0.1, -0.05) is 74.3 Å². The molecule has 0 radical (unpaired) electrons. The van der Waals surface area contributed by atoms with Gasteiger partial charge in [-0.05, 0) is 42.9 Å². The van der Waals surface area contributed by atoms with Crippen molar-refractivity contribution in [3.05, 3.63) is 48.1 Å². The zero-order chi connectivity index (χ0) is 13.1. The minimum atomic E-state index is 0.768. The summed E-state index contributed by atoms with van der Waals surface area (Å²) in [6, 6.07) is 0. The standard InChI is InChI=1S/C19H26/c1-2-3-4-5-8-15-11-12-19-17(13-15)14-16-9-6-7-10-18(16)19/h6-7,9-13,16-19H,2-5,8,14H2,1H3. The van der Waals surface area contributed by atoms with Gasteiger partial charge in [-0.3, -0.25) is 0 Å². The van der Waals surface area contributed by atoms with E-state index in [2.05, 4.69) is 49.5 Å². The van der Waals surface area contributed by atoms with E-state index in [4.69, 9.17) is 0 Å². The zero-order valence-corrected chi connectivity index (χ0v) is 12.1. The van der Waals surface area contributed by atoms with Crippen molar-refractivity contribution in [2.24, 2.45) is 23.7 Å². The number of unbranched alkanes of at least 4 members (excludes halogenated alkanes) is 3. The molecule has 1 fully saturated rings. The van der Waals surface area contributed by atoms with E-state index in [9.17, 15) is 0 Å². The van der Waals surface area contributed by atoms with E-state index < -0.39 is 0 Å². The third kappa shape index (κ3) is 2.78. The average Bonchev–Trinajstić information content (AvgIpc) is 2.81. The third-order valence-corrected chi connectivity index (χ3v) is 5.06. The predicted octanol–water partition coefficient (Wildman–Crippen LogP) is 5.45. The summed E-state index contributed by atoms with van der Waals surface area (Å²) in [5.74, 6) is 3.13. The van der Waals surface area contributed by atoms with Crippen LogP contribution in [0, 0.1) is 23.7 Å². The Labute approximate surface area is 118 Å². The highest BCUT2D eigenvalue weighted by Crippen LogP contribution is 2.48. The van der Waals surface area contributed by atoms with Gasteiger partial charge in [0.15, 0.2) is 0 Å². The maximum Gasteiger partial charge on any atom is -0.00981 e. The molecule has 3 aliphatic rings. The van der Waals surface area contributed by atoms with E-state index in [0.717, 1.165) is 23.7 Å². The first-order valence-corrected chi connectivity index (χ1v) is 8.12. The summed E-state index contributed by atoms with van der Waals surface area (Å²) in [5, 5.41) is 0. The molecule has 3 aliphatic carbocycles. The highest BCUT2D eigenvalue weighted by atomic mass is 14.4. The van der Waals surface area contributed by atoms with Crippen molar-refractivity contribution in [3.8, 4) is 0 Å². The van der Waals surface area contributed by atoms with Crippen LogP contribution in [0.3, 0.4) is 0 Å². The van der Waals surface area contributed by atoms with Gasteiger partial charge in [0.2, 0.25) is 0 Å². The number of hydrogen-bond donors (Lipinski definition) is 0. The molecule has 0 saturated heterocycles. The highest BCUT2D eigenvalue weighted by Gasteiger charge is 2.39. The van der Waals surface area contributed by atoms with Gasteiger partial charge in [0.1, 0.15) is 0 Å². The average molecular weight is 254 g/mol. The second-order valence-corrected chi connectivity index (χ2v) is 6.40. The first-order valence-electron chi connectivity index (χ1n) is 8.12. The molecule has 0 heterocycles. The van der Waals surface area contributed by atoms with Crippen LogP contribution in [0.2, 0.25) is 0 Å². The molecule has 0 aromatic rings. The summed E-state index contributed by atoms with van der Waals surface area (Å²) >= 11 is 0. The molecule has 1 saturated carbocycles. The molecule has 0 aliphatic heterocycles. The van der Waals surface area contributed by atoms with Gasteiger partial charge in [-0.25, -0.2) is 0 Å². The fourth-order valence-electron chi connectivity index (χ4n) is 4.01. The highest BCUT2D eigenvalue weighted by molar-refractivity contribution is 5.31. The van der Waals surface area contributed by atoms with Gasteiger partial charge < -0.3 is 0 Å². The van der Waals surface area contributed by atoms with Crippen LogP contribution in [-0.4, -0.2) is 0 Å². The molecule has 0 aromatic carbocycles. The molecule has 0 aromatic heterocycles. The Morgan fingerprint density at radius 1 is 0.947 bits per heavy atom.